The Hall–Kier alpha value is 0.270. The number of rotatable bonds is 1. The molecule has 2 unspecified atom stereocenters. The molecule has 0 amide bonds. The maximum Gasteiger partial charge on any atom is 0.0194 e. The first-order chi connectivity index (χ1) is 7.88. The molecule has 3 rings (SSSR count). The summed E-state index contributed by atoms with van der Waals surface area (Å²) >= 11 is 2.15. The van der Waals surface area contributed by atoms with E-state index in [-0.39, 0.29) is 0 Å². The van der Waals surface area contributed by atoms with E-state index in [1.807, 2.05) is 0 Å². The Morgan fingerprint density at radius 2 is 2.19 bits per heavy atom. The second kappa shape index (κ2) is 4.87. The lowest BCUT2D eigenvalue weighted by Gasteiger charge is -2.47. The molecule has 3 aliphatic heterocycles. The molecule has 0 bridgehead atoms. The molecule has 0 radical (unpaired) electrons. The molecule has 3 heterocycles. The van der Waals surface area contributed by atoms with Crippen molar-refractivity contribution in [3.05, 3.63) is 0 Å². The van der Waals surface area contributed by atoms with Crippen LogP contribution in [0, 0.1) is 5.41 Å². The van der Waals surface area contributed by atoms with Gasteiger partial charge in [-0.2, -0.15) is 11.8 Å². The number of nitrogens with zero attached hydrogens (tertiary/aromatic N) is 1. The number of nitrogens with one attached hydrogen (secondary N) is 1. The monoisotopic (exact) mass is 240 g/mol. The lowest BCUT2D eigenvalue weighted by Crippen LogP contribution is -2.53. The third kappa shape index (κ3) is 2.27. The zero-order valence-corrected chi connectivity index (χ0v) is 11.0. The van der Waals surface area contributed by atoms with Crippen LogP contribution in [0.3, 0.4) is 0 Å². The minimum Gasteiger partial charge on any atom is -0.316 e. The number of likely N-dealkylation sites (tertiary alicyclic amines) is 1. The molecular weight excluding hydrogens is 216 g/mol. The Morgan fingerprint density at radius 1 is 1.25 bits per heavy atom. The molecule has 3 saturated heterocycles. The van der Waals surface area contributed by atoms with Gasteiger partial charge in [0.15, 0.2) is 0 Å². The third-order valence-electron chi connectivity index (χ3n) is 4.67. The quantitative estimate of drug-likeness (QED) is 0.754. The minimum absolute atomic E-state index is 0.643. The predicted octanol–water partition coefficient (Wildman–Crippen LogP) is 1.96. The van der Waals surface area contributed by atoms with Crippen LogP contribution in [-0.2, 0) is 0 Å². The van der Waals surface area contributed by atoms with E-state index in [0.29, 0.717) is 5.41 Å². The molecule has 1 N–H and O–H groups in total. The van der Waals surface area contributed by atoms with E-state index in [9.17, 15) is 0 Å². The summed E-state index contributed by atoms with van der Waals surface area (Å²) in [4.78, 5) is 2.82. The van der Waals surface area contributed by atoms with Crippen molar-refractivity contribution in [3.63, 3.8) is 0 Å². The summed E-state index contributed by atoms with van der Waals surface area (Å²) in [5.41, 5.74) is 0.643. The highest BCUT2D eigenvalue weighted by Gasteiger charge is 2.38. The Labute approximate surface area is 104 Å². The van der Waals surface area contributed by atoms with Crippen molar-refractivity contribution in [1.29, 1.82) is 0 Å². The van der Waals surface area contributed by atoms with Gasteiger partial charge < -0.3 is 5.32 Å². The predicted molar refractivity (Wildman–Crippen MR) is 71.1 cm³/mol. The van der Waals surface area contributed by atoms with Crippen LogP contribution in [-0.4, -0.2) is 48.6 Å². The van der Waals surface area contributed by atoms with Gasteiger partial charge in [0, 0.05) is 24.9 Å². The fourth-order valence-electron chi connectivity index (χ4n) is 3.75. The van der Waals surface area contributed by atoms with Crippen molar-refractivity contribution in [2.45, 2.75) is 38.1 Å². The summed E-state index contributed by atoms with van der Waals surface area (Å²) in [6, 6.07) is 0.907. The summed E-state index contributed by atoms with van der Waals surface area (Å²) in [6.45, 7) is 5.28. The van der Waals surface area contributed by atoms with Crippen LogP contribution in [0.15, 0.2) is 0 Å². The molecule has 0 aromatic carbocycles. The molecule has 0 aliphatic carbocycles. The van der Waals surface area contributed by atoms with Gasteiger partial charge in [0.1, 0.15) is 0 Å². The summed E-state index contributed by atoms with van der Waals surface area (Å²) in [7, 11) is 0. The summed E-state index contributed by atoms with van der Waals surface area (Å²) in [5, 5.41) is 3.62. The number of hydrogen-bond acceptors (Lipinski definition) is 3. The topological polar surface area (TPSA) is 15.3 Å². The zero-order valence-electron chi connectivity index (χ0n) is 10.2. The standard InChI is InChI=1S/C13H24N2S/c1-4-13(10-14-6-1)5-2-7-15(11-13)12-3-8-16-9-12/h12,14H,1-11H2. The number of piperidine rings is 2. The van der Waals surface area contributed by atoms with Crippen LogP contribution < -0.4 is 5.32 Å². The molecule has 0 aromatic rings. The van der Waals surface area contributed by atoms with Crippen molar-refractivity contribution < 1.29 is 0 Å². The van der Waals surface area contributed by atoms with E-state index in [0.717, 1.165) is 6.04 Å². The Kier molecular flexibility index (Phi) is 3.46. The van der Waals surface area contributed by atoms with Gasteiger partial charge >= 0.3 is 0 Å². The molecule has 3 fully saturated rings. The average molecular weight is 240 g/mol. The highest BCUT2D eigenvalue weighted by Crippen LogP contribution is 2.38. The highest BCUT2D eigenvalue weighted by molar-refractivity contribution is 7.99. The van der Waals surface area contributed by atoms with Crippen molar-refractivity contribution in [2.24, 2.45) is 5.41 Å². The Morgan fingerprint density at radius 3 is 2.94 bits per heavy atom. The van der Waals surface area contributed by atoms with E-state index >= 15 is 0 Å². The van der Waals surface area contributed by atoms with Crippen LogP contribution in [0.1, 0.15) is 32.1 Å². The van der Waals surface area contributed by atoms with Gasteiger partial charge in [-0.3, -0.25) is 4.90 Å². The summed E-state index contributed by atoms with van der Waals surface area (Å²) < 4.78 is 0. The first-order valence-corrected chi connectivity index (χ1v) is 8.06. The van der Waals surface area contributed by atoms with Crippen LogP contribution in [0.25, 0.3) is 0 Å². The van der Waals surface area contributed by atoms with Crippen molar-refractivity contribution in [3.8, 4) is 0 Å². The fourth-order valence-corrected chi connectivity index (χ4v) is 5.00. The average Bonchev–Trinajstić information content (AvgIpc) is 2.83. The largest absolute Gasteiger partial charge is 0.316 e. The summed E-state index contributed by atoms with van der Waals surface area (Å²) in [6.07, 6.45) is 7.21. The molecule has 2 atom stereocenters. The zero-order chi connectivity index (χ0) is 10.8. The third-order valence-corrected chi connectivity index (χ3v) is 5.82. The fraction of sp³-hybridized carbons (Fsp3) is 1.00. The SMILES string of the molecule is C1CNCC2(C1)CCCN(C1CCSC1)C2. The van der Waals surface area contributed by atoms with Gasteiger partial charge in [-0.1, -0.05) is 0 Å². The molecule has 16 heavy (non-hydrogen) atoms. The van der Waals surface area contributed by atoms with Crippen molar-refractivity contribution in [1.82, 2.24) is 10.2 Å². The minimum atomic E-state index is 0.643. The molecule has 3 aliphatic rings. The molecule has 0 aromatic heterocycles. The van der Waals surface area contributed by atoms with Crippen LogP contribution in [0.4, 0.5) is 0 Å². The van der Waals surface area contributed by atoms with Gasteiger partial charge in [0.05, 0.1) is 0 Å². The van der Waals surface area contributed by atoms with Gasteiger partial charge in [-0.05, 0) is 56.4 Å². The number of hydrogen-bond donors (Lipinski definition) is 1. The van der Waals surface area contributed by atoms with Gasteiger partial charge in [-0.25, -0.2) is 0 Å². The normalized spacial score (nSPS) is 41.6. The van der Waals surface area contributed by atoms with Gasteiger partial charge in [-0.15, -0.1) is 0 Å². The molecular formula is C13H24N2S. The first-order valence-electron chi connectivity index (χ1n) is 6.91. The van der Waals surface area contributed by atoms with E-state index in [1.54, 1.807) is 0 Å². The lowest BCUT2D eigenvalue weighted by molar-refractivity contribution is 0.0438. The van der Waals surface area contributed by atoms with Crippen LogP contribution >= 0.6 is 11.8 Å². The lowest BCUT2D eigenvalue weighted by atomic mass is 9.74. The Bertz CT molecular complexity index is 227. The van der Waals surface area contributed by atoms with Crippen molar-refractivity contribution in [2.75, 3.05) is 37.7 Å². The molecule has 1 spiro atoms. The van der Waals surface area contributed by atoms with Gasteiger partial charge in [0.2, 0.25) is 0 Å². The molecule has 2 nitrogen and oxygen atoms in total. The molecule has 3 heteroatoms. The van der Waals surface area contributed by atoms with Crippen molar-refractivity contribution >= 4 is 11.8 Å². The maximum atomic E-state index is 3.62. The number of thioether (sulfide) groups is 1. The van der Waals surface area contributed by atoms with E-state index in [4.69, 9.17) is 0 Å². The van der Waals surface area contributed by atoms with E-state index in [1.165, 1.54) is 69.8 Å². The maximum absolute atomic E-state index is 3.62. The first kappa shape index (κ1) is 11.4. The highest BCUT2D eigenvalue weighted by atomic mass is 32.2. The van der Waals surface area contributed by atoms with Crippen LogP contribution in [0.2, 0.25) is 0 Å². The smallest absolute Gasteiger partial charge is 0.0194 e. The van der Waals surface area contributed by atoms with Gasteiger partial charge in [0.25, 0.3) is 0 Å². The molecule has 0 saturated carbocycles. The van der Waals surface area contributed by atoms with E-state index in [2.05, 4.69) is 22.0 Å². The van der Waals surface area contributed by atoms with E-state index < -0.39 is 0 Å². The second-order valence-corrected chi connectivity index (χ2v) is 7.02. The second-order valence-electron chi connectivity index (χ2n) is 5.87. The Balaban J connectivity index is 1.64. The van der Waals surface area contributed by atoms with Crippen LogP contribution in [0.5, 0.6) is 0 Å². The summed E-state index contributed by atoms with van der Waals surface area (Å²) in [5.74, 6) is 2.79. The molecule has 92 valence electrons.